The predicted molar refractivity (Wildman–Crippen MR) is 110 cm³/mol. The maximum atomic E-state index is 12.6. The van der Waals surface area contributed by atoms with Crippen LogP contribution in [0.3, 0.4) is 0 Å². The Morgan fingerprint density at radius 3 is 2.62 bits per heavy atom. The molecule has 1 fully saturated rings. The molecule has 8 heteroatoms. The third-order valence-electron chi connectivity index (χ3n) is 4.92. The number of rotatable bonds is 6. The van der Waals surface area contributed by atoms with Crippen molar-refractivity contribution in [3.05, 3.63) is 54.0 Å². The van der Waals surface area contributed by atoms with Gasteiger partial charge in [0.1, 0.15) is 17.8 Å². The summed E-state index contributed by atoms with van der Waals surface area (Å²) in [6.45, 7) is 5.32. The van der Waals surface area contributed by atoms with Crippen LogP contribution < -0.4 is 10.6 Å². The van der Waals surface area contributed by atoms with Crippen LogP contribution in [0, 0.1) is 0 Å². The molecule has 1 aliphatic heterocycles. The van der Waals surface area contributed by atoms with E-state index in [1.54, 1.807) is 17.9 Å². The van der Waals surface area contributed by atoms with Gasteiger partial charge in [-0.15, -0.1) is 0 Å². The summed E-state index contributed by atoms with van der Waals surface area (Å²) in [5.74, 6) is 0.357. The van der Waals surface area contributed by atoms with Gasteiger partial charge in [-0.3, -0.25) is 4.79 Å². The quantitative estimate of drug-likeness (QED) is 0.778. The molecular weight excluding hydrogens is 370 g/mol. The predicted octanol–water partition coefficient (Wildman–Crippen LogP) is 3.00. The molecule has 0 bridgehead atoms. The molecule has 154 valence electrons. The van der Waals surface area contributed by atoms with Gasteiger partial charge in [-0.2, -0.15) is 0 Å². The molecule has 1 saturated heterocycles. The van der Waals surface area contributed by atoms with Crippen molar-refractivity contribution in [3.8, 4) is 0 Å². The lowest BCUT2D eigenvalue weighted by molar-refractivity contribution is 0.0856. The van der Waals surface area contributed by atoms with Crippen molar-refractivity contribution in [1.82, 2.24) is 20.2 Å². The molecule has 0 aliphatic carbocycles. The summed E-state index contributed by atoms with van der Waals surface area (Å²) in [6, 6.07) is 11.7. The highest BCUT2D eigenvalue weighted by Gasteiger charge is 2.25. The number of hydrogen-bond acceptors (Lipinski definition) is 6. The Bertz CT molecular complexity index is 822. The molecule has 1 unspecified atom stereocenters. The first-order valence-electron chi connectivity index (χ1n) is 9.93. The fourth-order valence-corrected chi connectivity index (χ4v) is 3.29. The van der Waals surface area contributed by atoms with Crippen molar-refractivity contribution < 1.29 is 14.3 Å². The number of nitrogens with zero attached hydrogens (tertiary/aromatic N) is 3. The number of aromatic nitrogens is 2. The van der Waals surface area contributed by atoms with Crippen LogP contribution in [0.5, 0.6) is 0 Å². The second-order valence-corrected chi connectivity index (χ2v) is 7.00. The molecule has 8 nitrogen and oxygen atoms in total. The van der Waals surface area contributed by atoms with Gasteiger partial charge in [-0.25, -0.2) is 14.8 Å². The number of carbonyl (C=O) groups excluding carboxylic acids is 2. The summed E-state index contributed by atoms with van der Waals surface area (Å²) >= 11 is 0. The monoisotopic (exact) mass is 397 g/mol. The molecule has 3 rings (SSSR count). The molecule has 1 aromatic heterocycles. The zero-order chi connectivity index (χ0) is 20.6. The van der Waals surface area contributed by atoms with Crippen LogP contribution in [0.25, 0.3) is 0 Å². The molecule has 2 N–H and O–H groups in total. The molecule has 0 saturated carbocycles. The number of anilines is 1. The smallest absolute Gasteiger partial charge is 0.409 e. The van der Waals surface area contributed by atoms with Crippen LogP contribution in [-0.4, -0.2) is 52.6 Å². The lowest BCUT2D eigenvalue weighted by Crippen LogP contribution is -2.46. The van der Waals surface area contributed by atoms with Crippen molar-refractivity contribution >= 4 is 17.8 Å². The Hall–Kier alpha value is -3.16. The fourth-order valence-electron chi connectivity index (χ4n) is 3.29. The number of amides is 2. The first kappa shape index (κ1) is 20.6. The van der Waals surface area contributed by atoms with Gasteiger partial charge in [0.25, 0.3) is 5.91 Å². The Morgan fingerprint density at radius 1 is 1.21 bits per heavy atom. The van der Waals surface area contributed by atoms with Gasteiger partial charge in [0.15, 0.2) is 0 Å². The number of carbonyl (C=O) groups is 2. The first-order chi connectivity index (χ1) is 14.1. The van der Waals surface area contributed by atoms with Gasteiger partial charge < -0.3 is 20.3 Å². The molecule has 2 aromatic rings. The molecule has 0 radical (unpaired) electrons. The first-order valence-corrected chi connectivity index (χ1v) is 9.93. The summed E-state index contributed by atoms with van der Waals surface area (Å²) in [6.07, 6.45) is 2.46. The highest BCUT2D eigenvalue weighted by atomic mass is 16.6. The standard InChI is InChI=1S/C21H27N5O3/c1-3-29-21(28)26-11-9-17(10-12-26)25-20(27)18-13-19(23-14-22-18)24-15(2)16-7-5-4-6-8-16/h4-8,13-15,17H,3,9-12H2,1-2H3,(H,25,27)(H,22,23,24). The fraction of sp³-hybridized carbons (Fsp3) is 0.429. The van der Waals surface area contributed by atoms with Gasteiger partial charge in [0.05, 0.1) is 6.61 Å². The molecule has 0 spiro atoms. The minimum Gasteiger partial charge on any atom is -0.450 e. The average Bonchev–Trinajstić information content (AvgIpc) is 2.75. The molecule has 2 heterocycles. The lowest BCUT2D eigenvalue weighted by Gasteiger charge is -2.31. The zero-order valence-electron chi connectivity index (χ0n) is 16.8. The van der Waals surface area contributed by atoms with E-state index in [1.807, 2.05) is 37.3 Å². The van der Waals surface area contributed by atoms with Gasteiger partial charge in [-0.1, -0.05) is 30.3 Å². The molecular formula is C21H27N5O3. The summed E-state index contributed by atoms with van der Waals surface area (Å²) in [4.78, 5) is 34.4. The molecule has 1 atom stereocenters. The lowest BCUT2D eigenvalue weighted by atomic mass is 10.1. The third kappa shape index (κ3) is 5.66. The van der Waals surface area contributed by atoms with Crippen molar-refractivity contribution in [2.24, 2.45) is 0 Å². The topological polar surface area (TPSA) is 96.5 Å². The minimum atomic E-state index is -0.295. The van der Waals surface area contributed by atoms with E-state index < -0.39 is 0 Å². The maximum absolute atomic E-state index is 12.6. The Morgan fingerprint density at radius 2 is 1.93 bits per heavy atom. The van der Waals surface area contributed by atoms with Crippen LogP contribution in [0.15, 0.2) is 42.7 Å². The largest absolute Gasteiger partial charge is 0.450 e. The van der Waals surface area contributed by atoms with Crippen molar-refractivity contribution in [2.75, 3.05) is 25.0 Å². The van der Waals surface area contributed by atoms with Gasteiger partial charge in [0, 0.05) is 31.2 Å². The van der Waals surface area contributed by atoms with Crippen LogP contribution in [0.1, 0.15) is 48.8 Å². The number of likely N-dealkylation sites (tertiary alicyclic amines) is 1. The summed E-state index contributed by atoms with van der Waals surface area (Å²) in [5, 5.41) is 6.30. The van der Waals surface area contributed by atoms with E-state index in [-0.39, 0.29) is 24.1 Å². The van der Waals surface area contributed by atoms with Gasteiger partial charge >= 0.3 is 6.09 Å². The van der Waals surface area contributed by atoms with Gasteiger partial charge in [-0.05, 0) is 32.3 Å². The van der Waals surface area contributed by atoms with Crippen LogP contribution in [-0.2, 0) is 4.74 Å². The number of ether oxygens (including phenoxy) is 1. The van der Waals surface area contributed by atoms with E-state index >= 15 is 0 Å². The van der Waals surface area contributed by atoms with E-state index in [2.05, 4.69) is 20.6 Å². The van der Waals surface area contributed by atoms with E-state index in [4.69, 9.17) is 4.74 Å². The van der Waals surface area contributed by atoms with Crippen molar-refractivity contribution in [1.29, 1.82) is 0 Å². The second-order valence-electron chi connectivity index (χ2n) is 7.00. The highest BCUT2D eigenvalue weighted by Crippen LogP contribution is 2.18. The highest BCUT2D eigenvalue weighted by molar-refractivity contribution is 5.93. The molecule has 1 aliphatic rings. The zero-order valence-corrected chi connectivity index (χ0v) is 16.8. The van der Waals surface area contributed by atoms with Crippen LogP contribution in [0.2, 0.25) is 0 Å². The Balaban J connectivity index is 1.54. The molecule has 29 heavy (non-hydrogen) atoms. The number of nitrogens with one attached hydrogen (secondary N) is 2. The van der Waals surface area contributed by atoms with Crippen LogP contribution >= 0.6 is 0 Å². The van der Waals surface area contributed by atoms with Crippen molar-refractivity contribution in [2.45, 2.75) is 38.8 Å². The minimum absolute atomic E-state index is 0.00259. The van der Waals surface area contributed by atoms with E-state index in [0.717, 1.165) is 5.56 Å². The summed E-state index contributed by atoms with van der Waals surface area (Å²) in [7, 11) is 0. The van der Waals surface area contributed by atoms with Gasteiger partial charge in [0.2, 0.25) is 0 Å². The summed E-state index contributed by atoms with van der Waals surface area (Å²) < 4.78 is 5.02. The summed E-state index contributed by atoms with van der Waals surface area (Å²) in [5.41, 5.74) is 1.45. The number of hydrogen-bond donors (Lipinski definition) is 2. The molecule has 2 amide bonds. The molecule has 1 aromatic carbocycles. The van der Waals surface area contributed by atoms with E-state index in [0.29, 0.717) is 44.0 Å². The Labute approximate surface area is 170 Å². The third-order valence-corrected chi connectivity index (χ3v) is 4.92. The number of piperidine rings is 1. The average molecular weight is 397 g/mol. The SMILES string of the molecule is CCOC(=O)N1CCC(NC(=O)c2cc(NC(C)c3ccccc3)ncn2)CC1. The van der Waals surface area contributed by atoms with E-state index in [9.17, 15) is 9.59 Å². The maximum Gasteiger partial charge on any atom is 0.409 e. The Kier molecular flexibility index (Phi) is 6.99. The number of benzene rings is 1. The van der Waals surface area contributed by atoms with Crippen molar-refractivity contribution in [3.63, 3.8) is 0 Å². The van der Waals surface area contributed by atoms with Crippen LogP contribution in [0.4, 0.5) is 10.6 Å². The second kappa shape index (κ2) is 9.86. The van der Waals surface area contributed by atoms with E-state index in [1.165, 1.54) is 6.33 Å². The normalized spacial score (nSPS) is 15.4.